The maximum Gasteiger partial charge on any atom is 0.337 e. The first-order valence-corrected chi connectivity index (χ1v) is 16.3. The Labute approximate surface area is 276 Å². The number of nitrogens with two attached hydrogens (primary N) is 1. The van der Waals surface area contributed by atoms with E-state index in [4.69, 9.17) is 5.73 Å². The van der Waals surface area contributed by atoms with Gasteiger partial charge in [0.1, 0.15) is 16.3 Å². The van der Waals surface area contributed by atoms with Gasteiger partial charge in [0.2, 0.25) is 0 Å². The molecule has 48 heavy (non-hydrogen) atoms. The van der Waals surface area contributed by atoms with Gasteiger partial charge in [-0.15, -0.1) is 5.11 Å². The first-order valence-electron chi connectivity index (χ1n) is 13.4. The van der Waals surface area contributed by atoms with Crippen LogP contribution in [0.5, 0.6) is 0 Å². The Morgan fingerprint density at radius 2 is 1.56 bits per heavy atom. The number of allylic oxidation sites excluding steroid dienone is 3. The van der Waals surface area contributed by atoms with Crippen molar-refractivity contribution in [2.45, 2.75) is 25.7 Å². The minimum Gasteiger partial charge on any atom is -0.478 e. The molecular formula is C30H30N8O8S2. The Hall–Kier alpha value is -5.69. The zero-order valence-corrected chi connectivity index (χ0v) is 27.4. The van der Waals surface area contributed by atoms with Crippen LogP contribution < -0.4 is 10.9 Å². The molecule has 5 N–H and O–H groups in total. The lowest BCUT2D eigenvalue weighted by Gasteiger charge is -2.15. The van der Waals surface area contributed by atoms with Crippen molar-refractivity contribution in [2.24, 2.45) is 30.7 Å². The van der Waals surface area contributed by atoms with Gasteiger partial charge >= 0.3 is 5.97 Å². The fourth-order valence-electron chi connectivity index (χ4n) is 3.90. The highest BCUT2D eigenvalue weighted by Gasteiger charge is 2.21. The van der Waals surface area contributed by atoms with Crippen LogP contribution in [0.1, 0.15) is 27.0 Å². The molecule has 0 aromatic heterocycles. The molecule has 16 nitrogen and oxygen atoms in total. The Kier molecular flexibility index (Phi) is 11.7. The molecule has 3 rings (SSSR count). The van der Waals surface area contributed by atoms with Gasteiger partial charge in [0.25, 0.3) is 20.2 Å². The predicted octanol–water partition coefficient (Wildman–Crippen LogP) is 6.59. The molecular weight excluding hydrogens is 665 g/mol. The number of benzene rings is 3. The number of anilines is 2. The number of nitrogens with zero attached hydrogens (tertiary/aromatic N) is 7. The molecule has 0 heterocycles. The van der Waals surface area contributed by atoms with E-state index in [-0.39, 0.29) is 0 Å². The minimum absolute atomic E-state index is 0.298. The number of aromatic carboxylic acids is 1. The van der Waals surface area contributed by atoms with Crippen LogP contribution in [0.25, 0.3) is 0 Å². The molecule has 0 fully saturated rings. The third kappa shape index (κ3) is 9.42. The molecule has 0 unspecified atom stereocenters. The quantitative estimate of drug-likeness (QED) is 0.0373. The second-order valence-electron chi connectivity index (χ2n) is 9.81. The Bertz CT molecular complexity index is 2160. The van der Waals surface area contributed by atoms with Crippen LogP contribution in [0.3, 0.4) is 0 Å². The van der Waals surface area contributed by atoms with Gasteiger partial charge < -0.3 is 10.8 Å². The Balaban J connectivity index is 2.03. The summed E-state index contributed by atoms with van der Waals surface area (Å²) in [4.78, 5) is 10.4. The van der Waals surface area contributed by atoms with Crippen LogP contribution in [-0.4, -0.2) is 49.9 Å². The van der Waals surface area contributed by atoms with E-state index in [9.17, 15) is 35.8 Å². The molecule has 0 radical (unpaired) electrons. The largest absolute Gasteiger partial charge is 0.478 e. The summed E-state index contributed by atoms with van der Waals surface area (Å²) in [5.74, 6) is -1.48. The molecule has 0 bridgehead atoms. The summed E-state index contributed by atoms with van der Waals surface area (Å²) in [7, 11) is -9.63. The van der Waals surface area contributed by atoms with Gasteiger partial charge in [-0.3, -0.25) is 9.11 Å². The van der Waals surface area contributed by atoms with E-state index in [2.05, 4.69) is 44.0 Å². The zero-order valence-electron chi connectivity index (χ0n) is 25.7. The molecule has 250 valence electrons. The molecule has 0 saturated heterocycles. The average Bonchev–Trinajstić information content (AvgIpc) is 3.00. The van der Waals surface area contributed by atoms with Crippen LogP contribution in [0.15, 0.2) is 119 Å². The van der Waals surface area contributed by atoms with Crippen molar-refractivity contribution in [1.82, 2.24) is 0 Å². The summed E-state index contributed by atoms with van der Waals surface area (Å²) < 4.78 is 66.9. The fourth-order valence-corrected chi connectivity index (χ4v) is 5.04. The lowest BCUT2D eigenvalue weighted by atomic mass is 10.1. The first-order chi connectivity index (χ1) is 22.5. The molecule has 0 aliphatic heterocycles. The van der Waals surface area contributed by atoms with Crippen molar-refractivity contribution in [1.29, 1.82) is 0 Å². The highest BCUT2D eigenvalue weighted by molar-refractivity contribution is 7.90. The van der Waals surface area contributed by atoms with Gasteiger partial charge in [0, 0.05) is 12.4 Å². The number of carboxylic acid groups (broad SMARTS) is 1. The zero-order chi connectivity index (χ0) is 35.8. The van der Waals surface area contributed by atoms with Crippen LogP contribution in [0.4, 0.5) is 28.4 Å². The van der Waals surface area contributed by atoms with Crippen LogP contribution in [0.2, 0.25) is 0 Å². The van der Waals surface area contributed by atoms with Crippen LogP contribution in [-0.2, 0) is 20.2 Å². The number of carboxylic acids is 1. The van der Waals surface area contributed by atoms with Crippen molar-refractivity contribution in [2.75, 3.05) is 10.9 Å². The van der Waals surface area contributed by atoms with Gasteiger partial charge in [-0.2, -0.15) is 47.5 Å². The summed E-state index contributed by atoms with van der Waals surface area (Å²) in [6, 6.07) is 11.0. The summed E-state index contributed by atoms with van der Waals surface area (Å²) in [5, 5.41) is 34.2. The van der Waals surface area contributed by atoms with Gasteiger partial charge in [-0.05, 0) is 98.1 Å². The van der Waals surface area contributed by atoms with E-state index in [0.29, 0.717) is 33.4 Å². The third-order valence-electron chi connectivity index (χ3n) is 6.36. The van der Waals surface area contributed by atoms with E-state index < -0.39 is 53.0 Å². The standard InChI is InChI=1S/C30H30N8O8S2/c1-6-7-29(48(44,45)46)26(12-13-33-38(32-5)28-17-22(47(41,42)43)9-10-23(28)30(39)40)36-35-25-11-8-21(14-19(25)3)34-37-27-16-18(2)24(31)15-20(27)4/h6-17H,1,5,31H2,2-4H3,(H,39,40)(H,41,42,43)(H,44,45,46)/b26-12+,29-7+,33-13+,36-35?,37-34?. The van der Waals surface area contributed by atoms with Gasteiger partial charge in [-0.1, -0.05) is 12.7 Å². The van der Waals surface area contributed by atoms with Gasteiger partial charge in [-0.25, -0.2) is 4.79 Å². The van der Waals surface area contributed by atoms with Crippen molar-refractivity contribution in [3.8, 4) is 0 Å². The minimum atomic E-state index is -4.89. The molecule has 0 spiro atoms. The van der Waals surface area contributed by atoms with Crippen molar-refractivity contribution < 1.29 is 35.8 Å². The summed E-state index contributed by atoms with van der Waals surface area (Å²) in [5.41, 5.74) is 8.98. The van der Waals surface area contributed by atoms with E-state index in [0.717, 1.165) is 53.8 Å². The molecule has 0 aliphatic rings. The Morgan fingerprint density at radius 1 is 0.875 bits per heavy atom. The van der Waals surface area contributed by atoms with E-state index in [1.165, 1.54) is 0 Å². The van der Waals surface area contributed by atoms with E-state index >= 15 is 0 Å². The van der Waals surface area contributed by atoms with Crippen LogP contribution >= 0.6 is 0 Å². The molecule has 3 aromatic carbocycles. The SMILES string of the molecule is C=C\C=C(/C(=C\C=N\N(N=C)c1cc(S(=O)(=O)O)ccc1C(=O)O)N=Nc1ccc(N=Nc2cc(C)c(N)cc2C)cc1C)S(=O)(=O)O. The molecule has 18 heteroatoms. The number of rotatable bonds is 13. The number of carbonyl (C=O) groups is 1. The lowest BCUT2D eigenvalue weighted by Crippen LogP contribution is -2.14. The topological polar surface area (TPSA) is 249 Å². The molecule has 0 atom stereocenters. The van der Waals surface area contributed by atoms with Gasteiger partial charge in [0.15, 0.2) is 0 Å². The second kappa shape index (κ2) is 15.3. The highest BCUT2D eigenvalue weighted by Crippen LogP contribution is 2.30. The van der Waals surface area contributed by atoms with Crippen molar-refractivity contribution in [3.05, 3.63) is 106 Å². The lowest BCUT2D eigenvalue weighted by molar-refractivity contribution is 0.0697. The molecule has 0 amide bonds. The smallest absolute Gasteiger partial charge is 0.337 e. The number of nitrogen functional groups attached to an aromatic ring is 1. The molecule has 0 saturated carbocycles. The maximum atomic E-state index is 12.2. The van der Waals surface area contributed by atoms with Crippen LogP contribution in [0, 0.1) is 20.8 Å². The maximum absolute atomic E-state index is 12.2. The van der Waals surface area contributed by atoms with Crippen molar-refractivity contribution >= 4 is 67.6 Å². The fraction of sp³-hybridized carbons (Fsp3) is 0.100. The number of azo groups is 2. The number of aryl methyl sites for hydroxylation is 3. The molecule has 3 aromatic rings. The number of hydrogen-bond donors (Lipinski definition) is 4. The third-order valence-corrected chi connectivity index (χ3v) is 8.11. The first kappa shape index (κ1) is 36.8. The normalized spacial score (nSPS) is 13.0. The second-order valence-corrected chi connectivity index (χ2v) is 12.6. The van der Waals surface area contributed by atoms with Crippen molar-refractivity contribution in [3.63, 3.8) is 0 Å². The Morgan fingerprint density at radius 3 is 2.15 bits per heavy atom. The number of hydrazone groups is 2. The highest BCUT2D eigenvalue weighted by atomic mass is 32.2. The van der Waals surface area contributed by atoms with E-state index in [1.54, 1.807) is 31.2 Å². The summed E-state index contributed by atoms with van der Waals surface area (Å²) in [6.45, 7) is 12.1. The number of hydrogen-bond acceptors (Lipinski definition) is 13. The summed E-state index contributed by atoms with van der Waals surface area (Å²) >= 11 is 0. The summed E-state index contributed by atoms with van der Waals surface area (Å²) in [6.07, 6.45) is 3.93. The molecule has 0 aliphatic carbocycles. The average molecular weight is 695 g/mol. The van der Waals surface area contributed by atoms with Gasteiger partial charge in [0.05, 0.1) is 33.7 Å². The monoisotopic (exact) mass is 694 g/mol. The predicted molar refractivity (Wildman–Crippen MR) is 182 cm³/mol. The van der Waals surface area contributed by atoms with E-state index in [1.807, 2.05) is 19.9 Å².